The smallest absolute Gasteiger partial charge is 0.0461 e. The fraction of sp³-hybridized carbons (Fsp3) is 0.172. The van der Waals surface area contributed by atoms with Crippen LogP contribution in [0.3, 0.4) is 0 Å². The molecular formula is C29H27N. The summed E-state index contributed by atoms with van der Waals surface area (Å²) in [5.74, 6) is 0. The first-order valence-corrected chi connectivity index (χ1v) is 11.0. The molecule has 0 bridgehead atoms. The molecule has 0 fully saturated rings. The quantitative estimate of drug-likeness (QED) is 0.318. The minimum Gasteiger partial charge on any atom is -0.311 e. The minimum absolute atomic E-state index is 1.12. The fourth-order valence-electron chi connectivity index (χ4n) is 4.31. The molecule has 1 heteroatoms. The normalized spacial score (nSPS) is 12.1. The predicted molar refractivity (Wildman–Crippen MR) is 127 cm³/mol. The van der Waals surface area contributed by atoms with Gasteiger partial charge in [0.2, 0.25) is 0 Å². The summed E-state index contributed by atoms with van der Waals surface area (Å²) in [6, 6.07) is 37.3. The van der Waals surface area contributed by atoms with Crippen LogP contribution in [0.4, 0.5) is 17.1 Å². The highest BCUT2D eigenvalue weighted by atomic mass is 15.1. The lowest BCUT2D eigenvalue weighted by atomic mass is 9.86. The standard InChI is InChI=1S/C29H27N/c1-3-10-27(11-4-1)30(28-12-5-2-6-13-28)29-20-15-23(16-21-29)8-7-9-24-14-17-25-18-19-26(25)22-24/h1-6,10-17,20-22H,7-9,18-19H2. The molecule has 0 radical (unpaired) electrons. The summed E-state index contributed by atoms with van der Waals surface area (Å²) in [5, 5.41) is 0. The van der Waals surface area contributed by atoms with Gasteiger partial charge in [-0.05, 0) is 90.8 Å². The second-order valence-corrected chi connectivity index (χ2v) is 8.13. The van der Waals surface area contributed by atoms with E-state index in [0.717, 1.165) is 12.8 Å². The number of nitrogens with zero attached hydrogens (tertiary/aromatic N) is 1. The largest absolute Gasteiger partial charge is 0.311 e. The number of benzene rings is 4. The number of aryl methyl sites for hydroxylation is 4. The molecule has 1 nitrogen and oxygen atoms in total. The molecule has 0 N–H and O–H groups in total. The Bertz CT molecular complexity index is 1060. The first-order valence-electron chi connectivity index (χ1n) is 11.0. The number of anilines is 3. The Morgan fingerprint density at radius 2 is 1.03 bits per heavy atom. The number of hydrogen-bond acceptors (Lipinski definition) is 1. The van der Waals surface area contributed by atoms with E-state index < -0.39 is 0 Å². The van der Waals surface area contributed by atoms with E-state index in [0.29, 0.717) is 0 Å². The zero-order valence-corrected chi connectivity index (χ0v) is 17.3. The topological polar surface area (TPSA) is 3.24 Å². The molecule has 0 saturated carbocycles. The second-order valence-electron chi connectivity index (χ2n) is 8.13. The first kappa shape index (κ1) is 18.7. The average Bonchev–Trinajstić information content (AvgIpc) is 2.78. The molecule has 4 aromatic carbocycles. The van der Waals surface area contributed by atoms with Crippen LogP contribution in [0, 0.1) is 0 Å². The number of fused-ring (bicyclic) bond motifs is 1. The highest BCUT2D eigenvalue weighted by Gasteiger charge is 2.13. The molecule has 0 atom stereocenters. The van der Waals surface area contributed by atoms with Crippen molar-refractivity contribution in [2.24, 2.45) is 0 Å². The molecule has 0 spiro atoms. The maximum absolute atomic E-state index is 2.42. The van der Waals surface area contributed by atoms with Crippen LogP contribution in [-0.2, 0) is 25.7 Å². The Hall–Kier alpha value is -3.32. The van der Waals surface area contributed by atoms with Crippen LogP contribution in [-0.4, -0.2) is 0 Å². The number of rotatable bonds is 7. The minimum atomic E-state index is 1.12. The van der Waals surface area contributed by atoms with Crippen molar-refractivity contribution in [1.29, 1.82) is 0 Å². The molecule has 0 heterocycles. The summed E-state index contributed by atoms with van der Waals surface area (Å²) in [5.41, 5.74) is 9.57. The van der Waals surface area contributed by atoms with Crippen LogP contribution in [0.5, 0.6) is 0 Å². The lowest BCUT2D eigenvalue weighted by Gasteiger charge is -2.25. The average molecular weight is 390 g/mol. The van der Waals surface area contributed by atoms with E-state index in [-0.39, 0.29) is 0 Å². The third kappa shape index (κ3) is 4.02. The van der Waals surface area contributed by atoms with E-state index in [1.165, 1.54) is 47.5 Å². The highest BCUT2D eigenvalue weighted by Crippen LogP contribution is 2.34. The Balaban J connectivity index is 1.29. The van der Waals surface area contributed by atoms with Gasteiger partial charge in [0, 0.05) is 17.1 Å². The van der Waals surface area contributed by atoms with Crippen molar-refractivity contribution in [3.8, 4) is 0 Å². The molecule has 148 valence electrons. The van der Waals surface area contributed by atoms with E-state index in [1.807, 2.05) is 0 Å². The SMILES string of the molecule is c1ccc(N(c2ccccc2)c2ccc(CCCc3ccc4c(c3)CC4)cc2)cc1. The van der Waals surface area contributed by atoms with Crippen LogP contribution < -0.4 is 4.90 Å². The van der Waals surface area contributed by atoms with Crippen molar-refractivity contribution >= 4 is 17.1 Å². The maximum Gasteiger partial charge on any atom is 0.0461 e. The molecule has 5 rings (SSSR count). The third-order valence-corrected chi connectivity index (χ3v) is 6.09. The van der Waals surface area contributed by atoms with E-state index in [4.69, 9.17) is 0 Å². The Kier molecular flexibility index (Phi) is 5.35. The van der Waals surface area contributed by atoms with Gasteiger partial charge >= 0.3 is 0 Å². The van der Waals surface area contributed by atoms with Gasteiger partial charge in [-0.2, -0.15) is 0 Å². The Labute approximate surface area is 179 Å². The van der Waals surface area contributed by atoms with E-state index >= 15 is 0 Å². The molecule has 0 aromatic heterocycles. The van der Waals surface area contributed by atoms with Gasteiger partial charge in [-0.15, -0.1) is 0 Å². The van der Waals surface area contributed by atoms with Gasteiger partial charge in [0.05, 0.1) is 0 Å². The summed E-state index contributed by atoms with van der Waals surface area (Å²) in [7, 11) is 0. The molecule has 0 amide bonds. The van der Waals surface area contributed by atoms with Gasteiger partial charge < -0.3 is 4.90 Å². The summed E-state index contributed by atoms with van der Waals surface area (Å²) in [6.07, 6.45) is 6.01. The fourth-order valence-corrected chi connectivity index (χ4v) is 4.31. The van der Waals surface area contributed by atoms with Crippen molar-refractivity contribution < 1.29 is 0 Å². The predicted octanol–water partition coefficient (Wildman–Crippen LogP) is 7.43. The van der Waals surface area contributed by atoms with Crippen LogP contribution in [0.1, 0.15) is 28.7 Å². The summed E-state index contributed by atoms with van der Waals surface area (Å²) >= 11 is 0. The van der Waals surface area contributed by atoms with Crippen molar-refractivity contribution in [3.05, 3.63) is 125 Å². The van der Waals surface area contributed by atoms with Crippen LogP contribution >= 0.6 is 0 Å². The maximum atomic E-state index is 2.42. The zero-order chi connectivity index (χ0) is 20.2. The van der Waals surface area contributed by atoms with E-state index in [1.54, 1.807) is 11.1 Å². The molecule has 0 unspecified atom stereocenters. The Morgan fingerprint density at radius 1 is 0.500 bits per heavy atom. The van der Waals surface area contributed by atoms with Gasteiger partial charge in [0.1, 0.15) is 0 Å². The van der Waals surface area contributed by atoms with Crippen LogP contribution in [0.25, 0.3) is 0 Å². The molecule has 4 aromatic rings. The van der Waals surface area contributed by atoms with Gasteiger partial charge in [0.15, 0.2) is 0 Å². The van der Waals surface area contributed by atoms with Crippen molar-refractivity contribution in [1.82, 2.24) is 0 Å². The van der Waals surface area contributed by atoms with E-state index in [2.05, 4.69) is 108 Å². The van der Waals surface area contributed by atoms with Crippen LogP contribution in [0.15, 0.2) is 103 Å². The number of hydrogen-bond donors (Lipinski definition) is 0. The Morgan fingerprint density at radius 3 is 1.60 bits per heavy atom. The lowest BCUT2D eigenvalue weighted by Crippen LogP contribution is -2.09. The number of para-hydroxylation sites is 2. The van der Waals surface area contributed by atoms with Crippen molar-refractivity contribution in [3.63, 3.8) is 0 Å². The zero-order valence-electron chi connectivity index (χ0n) is 17.3. The molecule has 0 saturated heterocycles. The van der Waals surface area contributed by atoms with E-state index in [9.17, 15) is 0 Å². The molecule has 1 aliphatic carbocycles. The second kappa shape index (κ2) is 8.59. The first-order chi connectivity index (χ1) is 14.9. The van der Waals surface area contributed by atoms with Gasteiger partial charge in [-0.25, -0.2) is 0 Å². The molecular weight excluding hydrogens is 362 g/mol. The summed E-state index contributed by atoms with van der Waals surface area (Å²) in [6.45, 7) is 0. The van der Waals surface area contributed by atoms with Gasteiger partial charge in [0.25, 0.3) is 0 Å². The lowest BCUT2D eigenvalue weighted by molar-refractivity contribution is 0.799. The summed E-state index contributed by atoms with van der Waals surface area (Å²) < 4.78 is 0. The van der Waals surface area contributed by atoms with Gasteiger partial charge in [-0.1, -0.05) is 66.7 Å². The highest BCUT2D eigenvalue weighted by molar-refractivity contribution is 5.76. The molecule has 1 aliphatic rings. The summed E-state index contributed by atoms with van der Waals surface area (Å²) in [4.78, 5) is 2.31. The van der Waals surface area contributed by atoms with Crippen LogP contribution in [0.2, 0.25) is 0 Å². The molecule has 0 aliphatic heterocycles. The monoisotopic (exact) mass is 389 g/mol. The van der Waals surface area contributed by atoms with Crippen molar-refractivity contribution in [2.45, 2.75) is 32.1 Å². The van der Waals surface area contributed by atoms with Gasteiger partial charge in [-0.3, -0.25) is 0 Å². The van der Waals surface area contributed by atoms with Crippen molar-refractivity contribution in [2.75, 3.05) is 4.90 Å². The molecule has 30 heavy (non-hydrogen) atoms. The third-order valence-electron chi connectivity index (χ3n) is 6.09.